The molecule has 0 unspecified atom stereocenters. The van der Waals surface area contributed by atoms with Crippen molar-refractivity contribution in [3.05, 3.63) is 64.4 Å². The molecule has 0 saturated carbocycles. The molecule has 0 aliphatic rings. The minimum absolute atomic E-state index is 0.0304. The van der Waals surface area contributed by atoms with E-state index >= 15 is 0 Å². The molecule has 6 heteroatoms. The van der Waals surface area contributed by atoms with Crippen LogP contribution in [0.5, 0.6) is 5.75 Å². The van der Waals surface area contributed by atoms with Crippen LogP contribution in [0, 0.1) is 5.82 Å². The van der Waals surface area contributed by atoms with Gasteiger partial charge < -0.3 is 19.9 Å². The van der Waals surface area contributed by atoms with Crippen LogP contribution in [0.15, 0.2) is 42.5 Å². The molecule has 0 fully saturated rings. The van der Waals surface area contributed by atoms with Gasteiger partial charge in [0.1, 0.15) is 18.2 Å². The standard InChI is InChI=1S/C18H21ClFNO3/c19-17-11-16(20)6-5-15(17)13-24-18-4-2-1-3-14(18)12-21-7-9-23-10-8-22/h1-6,11,21-22H,7-10,12-13H2. The first-order valence-electron chi connectivity index (χ1n) is 7.74. The third-order valence-electron chi connectivity index (χ3n) is 3.35. The van der Waals surface area contributed by atoms with Crippen LogP contribution in [0.3, 0.4) is 0 Å². The van der Waals surface area contributed by atoms with E-state index < -0.39 is 0 Å². The highest BCUT2D eigenvalue weighted by Gasteiger charge is 2.06. The van der Waals surface area contributed by atoms with Crippen molar-refractivity contribution in [2.45, 2.75) is 13.2 Å². The van der Waals surface area contributed by atoms with Crippen molar-refractivity contribution in [1.29, 1.82) is 0 Å². The molecule has 4 nitrogen and oxygen atoms in total. The third kappa shape index (κ3) is 6.09. The van der Waals surface area contributed by atoms with Crippen LogP contribution in [-0.4, -0.2) is 31.5 Å². The zero-order valence-corrected chi connectivity index (χ0v) is 14.1. The fourth-order valence-electron chi connectivity index (χ4n) is 2.12. The van der Waals surface area contributed by atoms with Gasteiger partial charge in [-0.15, -0.1) is 0 Å². The van der Waals surface area contributed by atoms with Crippen molar-refractivity contribution in [1.82, 2.24) is 5.32 Å². The minimum Gasteiger partial charge on any atom is -0.489 e. The number of hydrogen-bond donors (Lipinski definition) is 2. The zero-order chi connectivity index (χ0) is 17.2. The van der Waals surface area contributed by atoms with E-state index in [9.17, 15) is 4.39 Å². The van der Waals surface area contributed by atoms with Gasteiger partial charge in [-0.05, 0) is 18.2 Å². The van der Waals surface area contributed by atoms with Gasteiger partial charge in [-0.3, -0.25) is 0 Å². The second kappa shape index (κ2) is 10.3. The maximum Gasteiger partial charge on any atom is 0.124 e. The summed E-state index contributed by atoms with van der Waals surface area (Å²) in [5.41, 5.74) is 1.75. The van der Waals surface area contributed by atoms with Gasteiger partial charge in [0.05, 0.1) is 24.8 Å². The number of aliphatic hydroxyl groups excluding tert-OH is 1. The molecule has 2 aromatic rings. The molecule has 0 saturated heterocycles. The smallest absolute Gasteiger partial charge is 0.124 e. The summed E-state index contributed by atoms with van der Waals surface area (Å²) >= 11 is 6.02. The molecule has 130 valence electrons. The van der Waals surface area contributed by atoms with Crippen LogP contribution in [0.1, 0.15) is 11.1 Å². The Balaban J connectivity index is 1.86. The molecule has 0 aliphatic heterocycles. The molecule has 0 bridgehead atoms. The number of para-hydroxylation sites is 1. The summed E-state index contributed by atoms with van der Waals surface area (Å²) in [5.74, 6) is 0.387. The lowest BCUT2D eigenvalue weighted by atomic mass is 10.2. The SMILES string of the molecule is OCCOCCNCc1ccccc1OCc1ccc(F)cc1Cl. The Labute approximate surface area is 146 Å². The molecule has 2 N–H and O–H groups in total. The van der Waals surface area contributed by atoms with Crippen LogP contribution in [-0.2, 0) is 17.9 Å². The second-order valence-electron chi connectivity index (χ2n) is 5.14. The first kappa shape index (κ1) is 18.7. The van der Waals surface area contributed by atoms with Crippen molar-refractivity contribution in [2.75, 3.05) is 26.4 Å². The van der Waals surface area contributed by atoms with Crippen LogP contribution in [0.4, 0.5) is 4.39 Å². The molecule has 0 amide bonds. The normalized spacial score (nSPS) is 10.8. The van der Waals surface area contributed by atoms with Crippen LogP contribution in [0.2, 0.25) is 5.02 Å². The van der Waals surface area contributed by atoms with Gasteiger partial charge in [-0.25, -0.2) is 4.39 Å². The van der Waals surface area contributed by atoms with Gasteiger partial charge in [0.2, 0.25) is 0 Å². The first-order chi connectivity index (χ1) is 11.7. The predicted molar refractivity (Wildman–Crippen MR) is 91.8 cm³/mol. The van der Waals surface area contributed by atoms with E-state index in [2.05, 4.69) is 5.32 Å². The highest BCUT2D eigenvalue weighted by molar-refractivity contribution is 6.31. The molecule has 0 spiro atoms. The van der Waals surface area contributed by atoms with E-state index in [1.807, 2.05) is 24.3 Å². The van der Waals surface area contributed by atoms with E-state index in [4.69, 9.17) is 26.2 Å². The molecular formula is C18H21ClFNO3. The Kier molecular flexibility index (Phi) is 7.98. The highest BCUT2D eigenvalue weighted by atomic mass is 35.5. The number of nitrogens with one attached hydrogen (secondary N) is 1. The van der Waals surface area contributed by atoms with E-state index in [1.165, 1.54) is 12.1 Å². The van der Waals surface area contributed by atoms with Gasteiger partial charge in [0, 0.05) is 24.2 Å². The number of benzene rings is 2. The van der Waals surface area contributed by atoms with Crippen LogP contribution >= 0.6 is 11.6 Å². The van der Waals surface area contributed by atoms with Gasteiger partial charge in [0.25, 0.3) is 0 Å². The fourth-order valence-corrected chi connectivity index (χ4v) is 2.34. The van der Waals surface area contributed by atoms with Gasteiger partial charge in [0.15, 0.2) is 0 Å². The largest absolute Gasteiger partial charge is 0.489 e. The summed E-state index contributed by atoms with van der Waals surface area (Å²) in [5, 5.41) is 12.2. The van der Waals surface area contributed by atoms with E-state index in [1.54, 1.807) is 6.07 Å². The molecule has 0 radical (unpaired) electrons. The lowest BCUT2D eigenvalue weighted by molar-refractivity contribution is 0.0937. The quantitative estimate of drug-likeness (QED) is 0.644. The maximum atomic E-state index is 13.1. The Morgan fingerprint density at radius 1 is 1.08 bits per heavy atom. The van der Waals surface area contributed by atoms with Crippen LogP contribution < -0.4 is 10.1 Å². The second-order valence-corrected chi connectivity index (χ2v) is 5.55. The molecular weight excluding hydrogens is 333 g/mol. The van der Waals surface area contributed by atoms with Gasteiger partial charge in [-0.2, -0.15) is 0 Å². The minimum atomic E-state index is -0.364. The number of aliphatic hydroxyl groups is 1. The van der Waals surface area contributed by atoms with Gasteiger partial charge >= 0.3 is 0 Å². The van der Waals surface area contributed by atoms with E-state index in [0.29, 0.717) is 31.3 Å². The van der Waals surface area contributed by atoms with Crippen molar-refractivity contribution < 1.29 is 19.0 Å². The monoisotopic (exact) mass is 353 g/mol. The molecule has 24 heavy (non-hydrogen) atoms. The Morgan fingerprint density at radius 3 is 2.71 bits per heavy atom. The number of ether oxygens (including phenoxy) is 2. The predicted octanol–water partition coefficient (Wildman–Crippen LogP) is 3.16. The average molecular weight is 354 g/mol. The molecule has 0 aromatic heterocycles. The topological polar surface area (TPSA) is 50.7 Å². The summed E-state index contributed by atoms with van der Waals surface area (Å²) < 4.78 is 24.1. The molecule has 0 aliphatic carbocycles. The van der Waals surface area contributed by atoms with Crippen molar-refractivity contribution in [3.63, 3.8) is 0 Å². The number of halogens is 2. The molecule has 0 heterocycles. The average Bonchev–Trinajstić information content (AvgIpc) is 2.58. The summed E-state index contributed by atoms with van der Waals surface area (Å²) in [4.78, 5) is 0. The fraction of sp³-hybridized carbons (Fsp3) is 0.333. The van der Waals surface area contributed by atoms with Crippen molar-refractivity contribution >= 4 is 11.6 Å². The summed E-state index contributed by atoms with van der Waals surface area (Å²) in [7, 11) is 0. The van der Waals surface area contributed by atoms with E-state index in [-0.39, 0.29) is 19.0 Å². The first-order valence-corrected chi connectivity index (χ1v) is 8.12. The summed E-state index contributed by atoms with van der Waals surface area (Å²) in [6, 6.07) is 12.0. The Hall–Kier alpha value is -1.66. The van der Waals surface area contributed by atoms with Crippen LogP contribution in [0.25, 0.3) is 0 Å². The lowest BCUT2D eigenvalue weighted by Gasteiger charge is -2.13. The number of rotatable bonds is 10. The third-order valence-corrected chi connectivity index (χ3v) is 3.70. The Morgan fingerprint density at radius 2 is 1.92 bits per heavy atom. The molecule has 2 aromatic carbocycles. The maximum absolute atomic E-state index is 13.1. The summed E-state index contributed by atoms with van der Waals surface area (Å²) in [6.07, 6.45) is 0. The highest BCUT2D eigenvalue weighted by Crippen LogP contribution is 2.22. The molecule has 0 atom stereocenters. The lowest BCUT2D eigenvalue weighted by Crippen LogP contribution is -2.20. The van der Waals surface area contributed by atoms with Gasteiger partial charge in [-0.1, -0.05) is 35.9 Å². The van der Waals surface area contributed by atoms with Crippen molar-refractivity contribution in [3.8, 4) is 5.75 Å². The number of hydrogen-bond acceptors (Lipinski definition) is 4. The summed E-state index contributed by atoms with van der Waals surface area (Å²) in [6.45, 7) is 2.50. The zero-order valence-electron chi connectivity index (χ0n) is 13.3. The van der Waals surface area contributed by atoms with E-state index in [0.717, 1.165) is 16.9 Å². The Bertz CT molecular complexity index is 639. The molecule has 2 rings (SSSR count). The van der Waals surface area contributed by atoms with Crippen molar-refractivity contribution in [2.24, 2.45) is 0 Å².